The van der Waals surface area contributed by atoms with Crippen molar-refractivity contribution >= 4 is 11.7 Å². The van der Waals surface area contributed by atoms with Crippen LogP contribution in [0.1, 0.15) is 35.0 Å². The van der Waals surface area contributed by atoms with Crippen molar-refractivity contribution in [2.45, 2.75) is 25.7 Å². The normalized spacial score (nSPS) is 14.7. The van der Waals surface area contributed by atoms with Gasteiger partial charge >= 0.3 is 5.97 Å². The first-order chi connectivity index (χ1) is 10.8. The predicted octanol–water partition coefficient (Wildman–Crippen LogP) is 3.06. The number of benzene rings is 1. The van der Waals surface area contributed by atoms with Crippen molar-refractivity contribution in [3.63, 3.8) is 0 Å². The molecule has 1 aliphatic rings. The van der Waals surface area contributed by atoms with E-state index in [-0.39, 0.29) is 0 Å². The Bertz CT molecular complexity index is 765. The maximum absolute atomic E-state index is 14.0. The third-order valence-corrected chi connectivity index (χ3v) is 4.06. The molecular weight excluding hydrogens is 304 g/mol. The van der Waals surface area contributed by atoms with E-state index in [1.807, 2.05) is 18.0 Å². The first-order valence-electron chi connectivity index (χ1n) is 7.33. The number of nitrogens with zero attached hydrogens (tertiary/aromatic N) is 3. The number of fused-ring (bicyclic) bond motifs is 1. The number of carboxylic acid groups (broad SMARTS) is 1. The maximum Gasteiger partial charge on any atom is 0.339 e. The van der Waals surface area contributed by atoms with E-state index in [4.69, 9.17) is 0 Å². The molecule has 1 aromatic carbocycles. The first kappa shape index (κ1) is 15.5. The molecule has 1 N–H and O–H groups in total. The molecule has 2 aromatic rings. The van der Waals surface area contributed by atoms with E-state index in [0.29, 0.717) is 12.6 Å². The molecule has 0 spiro atoms. The van der Waals surface area contributed by atoms with Crippen LogP contribution in [0.15, 0.2) is 24.4 Å². The molecule has 122 valence electrons. The Kier molecular flexibility index (Phi) is 3.58. The van der Waals surface area contributed by atoms with Crippen LogP contribution < -0.4 is 4.90 Å². The van der Waals surface area contributed by atoms with Gasteiger partial charge in [-0.3, -0.25) is 0 Å². The Balaban J connectivity index is 2.27. The maximum atomic E-state index is 14.0. The van der Waals surface area contributed by atoms with Crippen LogP contribution in [0.25, 0.3) is 5.69 Å². The number of aromatic nitrogens is 2. The van der Waals surface area contributed by atoms with Crippen molar-refractivity contribution in [3.8, 4) is 5.69 Å². The molecule has 7 heteroatoms. The third-order valence-electron chi connectivity index (χ3n) is 4.06. The van der Waals surface area contributed by atoms with Crippen molar-refractivity contribution in [1.82, 2.24) is 9.78 Å². The Hall–Kier alpha value is -2.44. The molecule has 2 heterocycles. The molecule has 0 aliphatic carbocycles. The number of carboxylic acids is 1. The first-order valence-corrected chi connectivity index (χ1v) is 7.33. The number of anilines is 1. The number of para-hydroxylation sites is 1. The Morgan fingerprint density at radius 3 is 2.78 bits per heavy atom. The van der Waals surface area contributed by atoms with Crippen LogP contribution in [0.2, 0.25) is 0 Å². The molecule has 0 bridgehead atoms. The minimum absolute atomic E-state index is 0.478. The predicted molar refractivity (Wildman–Crippen MR) is 81.7 cm³/mol. The van der Waals surface area contributed by atoms with Crippen molar-refractivity contribution in [3.05, 3.63) is 41.2 Å². The lowest BCUT2D eigenvalue weighted by atomic mass is 10.0. The standard InChI is InChI=1S/C16H17F2N3O2/c1-16(17,18)14-11(15(22)23)9-19-21(14)12-7-3-5-10-6-4-8-20(2)13(10)12/h3,5,7,9H,4,6,8H2,1-2H3,(H,22,23). The fraction of sp³-hybridized carbons (Fsp3) is 0.375. The zero-order chi connectivity index (χ0) is 16.8. The lowest BCUT2D eigenvalue weighted by molar-refractivity contribution is 0.00836. The van der Waals surface area contributed by atoms with Crippen LogP contribution in [-0.2, 0) is 12.3 Å². The number of aryl methyl sites for hydroxylation is 1. The number of halogens is 2. The topological polar surface area (TPSA) is 58.4 Å². The molecule has 0 atom stereocenters. The van der Waals surface area contributed by atoms with Crippen LogP contribution in [0, 0.1) is 0 Å². The summed E-state index contributed by atoms with van der Waals surface area (Å²) in [7, 11) is 1.90. The van der Waals surface area contributed by atoms with Gasteiger partial charge in [0, 0.05) is 20.5 Å². The summed E-state index contributed by atoms with van der Waals surface area (Å²) in [4.78, 5) is 13.3. The molecular formula is C16H17F2N3O2. The average Bonchev–Trinajstić information content (AvgIpc) is 2.92. The molecule has 23 heavy (non-hydrogen) atoms. The number of carbonyl (C=O) groups is 1. The Labute approximate surface area is 132 Å². The van der Waals surface area contributed by atoms with Crippen LogP contribution in [-0.4, -0.2) is 34.4 Å². The van der Waals surface area contributed by atoms with E-state index in [9.17, 15) is 18.7 Å². The summed E-state index contributed by atoms with van der Waals surface area (Å²) in [5.41, 5.74) is 1.28. The highest BCUT2D eigenvalue weighted by atomic mass is 19.3. The smallest absolute Gasteiger partial charge is 0.339 e. The third kappa shape index (κ3) is 2.56. The van der Waals surface area contributed by atoms with Gasteiger partial charge in [0.25, 0.3) is 5.92 Å². The SMILES string of the molecule is CN1CCCc2cccc(-n3ncc(C(=O)O)c3C(C)(F)F)c21. The van der Waals surface area contributed by atoms with E-state index in [1.165, 1.54) is 0 Å². The van der Waals surface area contributed by atoms with Crippen molar-refractivity contribution in [2.75, 3.05) is 18.5 Å². The van der Waals surface area contributed by atoms with Crippen molar-refractivity contribution < 1.29 is 18.7 Å². The molecule has 3 rings (SSSR count). The van der Waals surface area contributed by atoms with Gasteiger partial charge in [-0.25, -0.2) is 9.48 Å². The van der Waals surface area contributed by atoms with Crippen LogP contribution in [0.3, 0.4) is 0 Å². The van der Waals surface area contributed by atoms with E-state index in [1.54, 1.807) is 12.1 Å². The number of hydrogen-bond acceptors (Lipinski definition) is 3. The summed E-state index contributed by atoms with van der Waals surface area (Å²) < 4.78 is 29.2. The quantitative estimate of drug-likeness (QED) is 0.944. The second-order valence-corrected chi connectivity index (χ2v) is 5.82. The van der Waals surface area contributed by atoms with Gasteiger partial charge in [-0.05, 0) is 24.5 Å². The van der Waals surface area contributed by atoms with E-state index in [2.05, 4.69) is 5.10 Å². The number of rotatable bonds is 3. The van der Waals surface area contributed by atoms with Gasteiger partial charge in [0.1, 0.15) is 11.3 Å². The minimum atomic E-state index is -3.32. The Morgan fingerprint density at radius 2 is 2.13 bits per heavy atom. The second-order valence-electron chi connectivity index (χ2n) is 5.82. The van der Waals surface area contributed by atoms with Gasteiger partial charge in [0.2, 0.25) is 0 Å². The van der Waals surface area contributed by atoms with Gasteiger partial charge in [-0.1, -0.05) is 12.1 Å². The number of hydrogen-bond donors (Lipinski definition) is 1. The van der Waals surface area contributed by atoms with E-state index < -0.39 is 23.1 Å². The zero-order valence-corrected chi connectivity index (χ0v) is 12.9. The lowest BCUT2D eigenvalue weighted by Crippen LogP contribution is -2.27. The monoisotopic (exact) mass is 321 g/mol. The van der Waals surface area contributed by atoms with Gasteiger partial charge < -0.3 is 10.0 Å². The summed E-state index contributed by atoms with van der Waals surface area (Å²) in [6.45, 7) is 1.50. The van der Waals surface area contributed by atoms with Gasteiger partial charge in [0.15, 0.2) is 0 Å². The van der Waals surface area contributed by atoms with E-state index >= 15 is 0 Å². The highest BCUT2D eigenvalue weighted by Crippen LogP contribution is 2.37. The highest BCUT2D eigenvalue weighted by Gasteiger charge is 2.36. The summed E-state index contributed by atoms with van der Waals surface area (Å²) in [6, 6.07) is 5.43. The zero-order valence-electron chi connectivity index (χ0n) is 12.9. The summed E-state index contributed by atoms with van der Waals surface area (Å²) in [5.74, 6) is -4.73. The molecule has 0 saturated carbocycles. The van der Waals surface area contributed by atoms with Gasteiger partial charge in [-0.15, -0.1) is 0 Å². The number of aromatic carboxylic acids is 1. The number of alkyl halides is 2. The highest BCUT2D eigenvalue weighted by molar-refractivity contribution is 5.89. The summed E-state index contributed by atoms with van der Waals surface area (Å²) >= 11 is 0. The van der Waals surface area contributed by atoms with Crippen LogP contribution in [0.5, 0.6) is 0 Å². The van der Waals surface area contributed by atoms with Gasteiger partial charge in [-0.2, -0.15) is 13.9 Å². The van der Waals surface area contributed by atoms with Crippen molar-refractivity contribution in [1.29, 1.82) is 0 Å². The summed E-state index contributed by atoms with van der Waals surface area (Å²) in [5, 5.41) is 13.1. The molecule has 0 fully saturated rings. The average molecular weight is 321 g/mol. The van der Waals surface area contributed by atoms with Crippen molar-refractivity contribution in [2.24, 2.45) is 0 Å². The molecule has 1 aliphatic heterocycles. The lowest BCUT2D eigenvalue weighted by Gasteiger charge is -2.30. The second kappa shape index (κ2) is 5.33. The summed E-state index contributed by atoms with van der Waals surface area (Å²) in [6.07, 6.45) is 2.83. The Morgan fingerprint density at radius 1 is 1.39 bits per heavy atom. The minimum Gasteiger partial charge on any atom is -0.478 e. The molecule has 0 amide bonds. The molecule has 1 aromatic heterocycles. The van der Waals surface area contributed by atoms with Crippen LogP contribution >= 0.6 is 0 Å². The van der Waals surface area contributed by atoms with Gasteiger partial charge in [0.05, 0.1) is 17.6 Å². The largest absolute Gasteiger partial charge is 0.478 e. The molecule has 0 unspecified atom stereocenters. The molecule has 0 saturated heterocycles. The van der Waals surface area contributed by atoms with Crippen LogP contribution in [0.4, 0.5) is 14.5 Å². The fourth-order valence-electron chi connectivity index (χ4n) is 3.12. The molecule has 5 nitrogen and oxygen atoms in total. The fourth-order valence-corrected chi connectivity index (χ4v) is 3.12. The molecule has 0 radical (unpaired) electrons. The van der Waals surface area contributed by atoms with E-state index in [0.717, 1.165) is 41.5 Å².